The Labute approximate surface area is 114 Å². The molecule has 0 fully saturated rings. The van der Waals surface area contributed by atoms with E-state index in [9.17, 15) is 0 Å². The fraction of sp³-hybridized carbons (Fsp3) is 0.533. The van der Waals surface area contributed by atoms with Gasteiger partial charge in [0.05, 0.1) is 17.4 Å². The summed E-state index contributed by atoms with van der Waals surface area (Å²) in [5, 5.41) is 3.46. The number of nitrogens with zero attached hydrogens (tertiary/aromatic N) is 1. The minimum absolute atomic E-state index is 0.0601. The molecule has 19 heavy (non-hydrogen) atoms. The lowest BCUT2D eigenvalue weighted by atomic mass is 9.84. The van der Waals surface area contributed by atoms with E-state index >= 15 is 0 Å². The van der Waals surface area contributed by atoms with Gasteiger partial charge in [-0.05, 0) is 31.5 Å². The molecule has 0 saturated heterocycles. The summed E-state index contributed by atoms with van der Waals surface area (Å²) in [5.74, 6) is 0. The van der Waals surface area contributed by atoms with Crippen molar-refractivity contribution in [1.29, 1.82) is 0 Å². The topological polar surface area (TPSA) is 66.7 Å². The molecule has 1 aromatic carbocycles. The zero-order chi connectivity index (χ0) is 14.1. The van der Waals surface area contributed by atoms with E-state index < -0.39 is 0 Å². The van der Waals surface area contributed by atoms with Crippen LogP contribution in [-0.4, -0.2) is 28.6 Å². The minimum atomic E-state index is -0.177. The Hall–Kier alpha value is -1.39. The highest BCUT2D eigenvalue weighted by Crippen LogP contribution is 2.25. The van der Waals surface area contributed by atoms with Crippen molar-refractivity contribution in [2.45, 2.75) is 38.6 Å². The third-order valence-corrected chi connectivity index (χ3v) is 3.35. The molecule has 1 aromatic heterocycles. The van der Waals surface area contributed by atoms with Crippen LogP contribution < -0.4 is 11.1 Å². The number of imidazole rings is 1. The molecule has 0 spiro atoms. The Morgan fingerprint density at radius 2 is 1.95 bits per heavy atom. The summed E-state index contributed by atoms with van der Waals surface area (Å²) in [5.41, 5.74) is 9.27. The first kappa shape index (κ1) is 14.0. The molecule has 2 aromatic rings. The summed E-state index contributed by atoms with van der Waals surface area (Å²) in [6.45, 7) is 10.2. The largest absolute Gasteiger partial charge is 0.345 e. The quantitative estimate of drug-likeness (QED) is 0.772. The third kappa shape index (κ3) is 3.55. The zero-order valence-electron chi connectivity index (χ0n) is 12.2. The lowest BCUT2D eigenvalue weighted by Crippen LogP contribution is -2.46. The SMILES string of the molecule is CC(C)(N)CNCC(C)(C)c1ccc2nc[nH]c2c1. The van der Waals surface area contributed by atoms with Crippen molar-refractivity contribution in [3.8, 4) is 0 Å². The first-order chi connectivity index (χ1) is 8.78. The number of nitrogens with two attached hydrogens (primary N) is 1. The van der Waals surface area contributed by atoms with Gasteiger partial charge in [-0.3, -0.25) is 0 Å². The molecule has 4 heteroatoms. The van der Waals surface area contributed by atoms with Crippen LogP contribution in [0.3, 0.4) is 0 Å². The molecule has 2 rings (SSSR count). The lowest BCUT2D eigenvalue weighted by Gasteiger charge is -2.28. The maximum absolute atomic E-state index is 5.99. The van der Waals surface area contributed by atoms with Crippen molar-refractivity contribution < 1.29 is 0 Å². The second-order valence-corrected chi connectivity index (χ2v) is 6.61. The molecule has 0 aliphatic rings. The number of H-pyrrole nitrogens is 1. The second kappa shape index (κ2) is 4.94. The van der Waals surface area contributed by atoms with Crippen molar-refractivity contribution in [2.24, 2.45) is 5.73 Å². The summed E-state index contributed by atoms with van der Waals surface area (Å²) < 4.78 is 0. The molecule has 0 aliphatic carbocycles. The number of hydrogen-bond acceptors (Lipinski definition) is 3. The highest BCUT2D eigenvalue weighted by molar-refractivity contribution is 5.75. The van der Waals surface area contributed by atoms with Crippen LogP contribution >= 0.6 is 0 Å². The van der Waals surface area contributed by atoms with Crippen LogP contribution in [0.5, 0.6) is 0 Å². The summed E-state index contributed by atoms with van der Waals surface area (Å²) >= 11 is 0. The van der Waals surface area contributed by atoms with Crippen molar-refractivity contribution in [3.05, 3.63) is 30.1 Å². The molecule has 0 radical (unpaired) electrons. The van der Waals surface area contributed by atoms with E-state index in [2.05, 4.69) is 47.3 Å². The first-order valence-corrected chi connectivity index (χ1v) is 6.71. The number of aromatic amines is 1. The Balaban J connectivity index is 2.09. The molecular weight excluding hydrogens is 236 g/mol. The van der Waals surface area contributed by atoms with E-state index in [0.717, 1.165) is 24.1 Å². The Kier molecular flexibility index (Phi) is 3.65. The van der Waals surface area contributed by atoms with Crippen molar-refractivity contribution >= 4 is 11.0 Å². The molecule has 104 valence electrons. The molecular formula is C15H24N4. The van der Waals surface area contributed by atoms with Gasteiger partial charge in [-0.2, -0.15) is 0 Å². The van der Waals surface area contributed by atoms with E-state index in [1.54, 1.807) is 6.33 Å². The van der Waals surface area contributed by atoms with Crippen LogP contribution in [0, 0.1) is 0 Å². The van der Waals surface area contributed by atoms with Crippen LogP contribution in [0.15, 0.2) is 24.5 Å². The smallest absolute Gasteiger partial charge is 0.0931 e. The Morgan fingerprint density at radius 3 is 2.63 bits per heavy atom. The van der Waals surface area contributed by atoms with E-state index in [-0.39, 0.29) is 11.0 Å². The highest BCUT2D eigenvalue weighted by atomic mass is 14.9. The number of fused-ring (bicyclic) bond motifs is 1. The van der Waals surface area contributed by atoms with Crippen LogP contribution in [-0.2, 0) is 5.41 Å². The van der Waals surface area contributed by atoms with Gasteiger partial charge in [0.1, 0.15) is 0 Å². The third-order valence-electron chi connectivity index (χ3n) is 3.35. The van der Waals surface area contributed by atoms with Crippen molar-refractivity contribution in [1.82, 2.24) is 15.3 Å². The predicted octanol–water partition coefficient (Wildman–Crippen LogP) is 2.17. The van der Waals surface area contributed by atoms with Gasteiger partial charge < -0.3 is 16.0 Å². The van der Waals surface area contributed by atoms with Gasteiger partial charge in [-0.15, -0.1) is 0 Å². The van der Waals surface area contributed by atoms with Gasteiger partial charge in [0, 0.05) is 24.0 Å². The second-order valence-electron chi connectivity index (χ2n) is 6.61. The van der Waals surface area contributed by atoms with Crippen LogP contribution in [0.4, 0.5) is 0 Å². The summed E-state index contributed by atoms with van der Waals surface area (Å²) in [4.78, 5) is 7.41. The standard InChI is InChI=1S/C15H24N4/c1-14(2,8-17-9-15(3,4)16)11-5-6-12-13(7-11)19-10-18-12/h5-7,10,17H,8-9,16H2,1-4H3,(H,18,19). The molecule has 4 N–H and O–H groups in total. The summed E-state index contributed by atoms with van der Waals surface area (Å²) in [6, 6.07) is 6.39. The predicted molar refractivity (Wildman–Crippen MR) is 80.3 cm³/mol. The van der Waals surface area contributed by atoms with E-state index in [1.165, 1.54) is 5.56 Å². The van der Waals surface area contributed by atoms with Gasteiger partial charge >= 0.3 is 0 Å². The molecule has 0 unspecified atom stereocenters. The molecule has 1 heterocycles. The Morgan fingerprint density at radius 1 is 1.21 bits per heavy atom. The van der Waals surface area contributed by atoms with Crippen LogP contribution in [0.1, 0.15) is 33.3 Å². The van der Waals surface area contributed by atoms with Crippen molar-refractivity contribution in [2.75, 3.05) is 13.1 Å². The van der Waals surface area contributed by atoms with Crippen molar-refractivity contribution in [3.63, 3.8) is 0 Å². The van der Waals surface area contributed by atoms with Gasteiger partial charge in [-0.1, -0.05) is 19.9 Å². The minimum Gasteiger partial charge on any atom is -0.345 e. The van der Waals surface area contributed by atoms with Gasteiger partial charge in [0.15, 0.2) is 0 Å². The molecule has 0 bridgehead atoms. The fourth-order valence-electron chi connectivity index (χ4n) is 2.16. The average Bonchev–Trinajstić information content (AvgIpc) is 2.73. The van der Waals surface area contributed by atoms with E-state index in [0.29, 0.717) is 0 Å². The number of hydrogen-bond donors (Lipinski definition) is 3. The van der Waals surface area contributed by atoms with Crippen LogP contribution in [0.25, 0.3) is 11.0 Å². The molecule has 0 aliphatic heterocycles. The molecule has 0 atom stereocenters. The molecule has 0 amide bonds. The van der Waals surface area contributed by atoms with E-state index in [1.807, 2.05) is 13.8 Å². The summed E-state index contributed by atoms with van der Waals surface area (Å²) in [7, 11) is 0. The fourth-order valence-corrected chi connectivity index (χ4v) is 2.16. The normalized spacial score (nSPS) is 13.1. The maximum Gasteiger partial charge on any atom is 0.0931 e. The van der Waals surface area contributed by atoms with Gasteiger partial charge in [-0.25, -0.2) is 4.98 Å². The first-order valence-electron chi connectivity index (χ1n) is 6.71. The Bertz CT molecular complexity index is 549. The van der Waals surface area contributed by atoms with Gasteiger partial charge in [0.2, 0.25) is 0 Å². The maximum atomic E-state index is 5.99. The zero-order valence-corrected chi connectivity index (χ0v) is 12.2. The number of nitrogens with one attached hydrogen (secondary N) is 2. The van der Waals surface area contributed by atoms with E-state index in [4.69, 9.17) is 5.73 Å². The number of benzene rings is 1. The lowest BCUT2D eigenvalue weighted by molar-refractivity contribution is 0.411. The molecule has 0 saturated carbocycles. The monoisotopic (exact) mass is 260 g/mol. The van der Waals surface area contributed by atoms with Gasteiger partial charge in [0.25, 0.3) is 0 Å². The van der Waals surface area contributed by atoms with Crippen LogP contribution in [0.2, 0.25) is 0 Å². The summed E-state index contributed by atoms with van der Waals surface area (Å²) in [6.07, 6.45) is 1.73. The number of rotatable bonds is 5. The number of aromatic nitrogens is 2. The highest BCUT2D eigenvalue weighted by Gasteiger charge is 2.22. The molecule has 4 nitrogen and oxygen atoms in total. The average molecular weight is 260 g/mol.